The highest BCUT2D eigenvalue weighted by Gasteiger charge is 2.28. The first-order chi connectivity index (χ1) is 8.87. The van der Waals surface area contributed by atoms with Crippen molar-refractivity contribution in [1.82, 2.24) is 10.3 Å². The van der Waals surface area contributed by atoms with Crippen LogP contribution >= 0.6 is 0 Å². The van der Waals surface area contributed by atoms with Gasteiger partial charge in [-0.25, -0.2) is 0 Å². The zero-order valence-corrected chi connectivity index (χ0v) is 10.1. The first kappa shape index (κ1) is 13.3. The quantitative estimate of drug-likeness (QED) is 0.910. The van der Waals surface area contributed by atoms with Crippen LogP contribution in [0.3, 0.4) is 0 Å². The summed E-state index contributed by atoms with van der Waals surface area (Å²) in [5.74, 6) is -0.751. The molecule has 19 heavy (non-hydrogen) atoms. The van der Waals surface area contributed by atoms with Crippen LogP contribution in [0.15, 0.2) is 30.3 Å². The van der Waals surface area contributed by atoms with E-state index < -0.39 is 18.6 Å². The van der Waals surface area contributed by atoms with Crippen molar-refractivity contribution in [3.63, 3.8) is 0 Å². The summed E-state index contributed by atoms with van der Waals surface area (Å²) in [6.07, 6.45) is -4.42. The van der Waals surface area contributed by atoms with Crippen molar-refractivity contribution in [1.29, 1.82) is 0 Å². The molecule has 0 unspecified atom stereocenters. The summed E-state index contributed by atoms with van der Waals surface area (Å²) in [5.41, 5.74) is 1.36. The maximum absolute atomic E-state index is 12.1. The van der Waals surface area contributed by atoms with E-state index in [0.717, 1.165) is 0 Å². The molecule has 0 radical (unpaired) electrons. The molecule has 0 saturated carbocycles. The van der Waals surface area contributed by atoms with Crippen molar-refractivity contribution in [3.8, 4) is 0 Å². The Balaban J connectivity index is 2.36. The fourth-order valence-corrected chi connectivity index (χ4v) is 1.77. The van der Waals surface area contributed by atoms with Gasteiger partial charge in [0.1, 0.15) is 6.54 Å². The van der Waals surface area contributed by atoms with E-state index >= 15 is 0 Å². The Morgan fingerprint density at radius 1 is 1.32 bits per heavy atom. The Labute approximate surface area is 107 Å². The monoisotopic (exact) mass is 268 g/mol. The number of rotatable bonds is 2. The van der Waals surface area contributed by atoms with Gasteiger partial charge in [0.05, 0.1) is 11.1 Å². The summed E-state index contributed by atoms with van der Waals surface area (Å²) < 4.78 is 36.3. The second-order valence-corrected chi connectivity index (χ2v) is 4.13. The number of hydrogen-bond acceptors (Lipinski definition) is 2. The van der Waals surface area contributed by atoms with Crippen LogP contribution in [0.2, 0.25) is 0 Å². The van der Waals surface area contributed by atoms with Crippen LogP contribution in [-0.2, 0) is 0 Å². The molecular formula is C13H11F3N2O. The van der Waals surface area contributed by atoms with Crippen molar-refractivity contribution in [2.24, 2.45) is 0 Å². The van der Waals surface area contributed by atoms with E-state index in [2.05, 4.69) is 4.98 Å². The predicted octanol–water partition coefficient (Wildman–Crippen LogP) is 2.84. The van der Waals surface area contributed by atoms with E-state index in [1.165, 1.54) is 6.07 Å². The van der Waals surface area contributed by atoms with E-state index in [9.17, 15) is 18.0 Å². The van der Waals surface area contributed by atoms with Crippen molar-refractivity contribution in [2.45, 2.75) is 13.1 Å². The van der Waals surface area contributed by atoms with Crippen molar-refractivity contribution < 1.29 is 18.0 Å². The summed E-state index contributed by atoms with van der Waals surface area (Å²) in [5, 5.41) is 2.40. The third-order valence-electron chi connectivity index (χ3n) is 2.54. The standard InChI is InChI=1S/C13H11F3N2O/c1-8-6-10(12(19)17-7-13(14,15)16)9-4-2-3-5-11(9)18-8/h2-6H,7H2,1H3,(H,17,19). The van der Waals surface area contributed by atoms with Gasteiger partial charge in [-0.1, -0.05) is 18.2 Å². The molecule has 1 aromatic carbocycles. The van der Waals surface area contributed by atoms with Gasteiger partial charge in [-0.2, -0.15) is 13.2 Å². The molecule has 6 heteroatoms. The Bertz CT molecular complexity index is 623. The molecule has 100 valence electrons. The predicted molar refractivity (Wildman–Crippen MR) is 64.9 cm³/mol. The second-order valence-electron chi connectivity index (χ2n) is 4.13. The largest absolute Gasteiger partial charge is 0.405 e. The molecule has 0 aliphatic carbocycles. The molecule has 0 aliphatic heterocycles. The van der Waals surface area contributed by atoms with Crippen LogP contribution in [0.4, 0.5) is 13.2 Å². The first-order valence-corrected chi connectivity index (χ1v) is 5.58. The SMILES string of the molecule is Cc1cc(C(=O)NCC(F)(F)F)c2ccccc2n1. The van der Waals surface area contributed by atoms with Crippen LogP contribution in [0.25, 0.3) is 10.9 Å². The Kier molecular flexibility index (Phi) is 3.42. The maximum Gasteiger partial charge on any atom is 0.405 e. The number of nitrogens with zero attached hydrogens (tertiary/aromatic N) is 1. The van der Waals surface area contributed by atoms with E-state index in [1.807, 2.05) is 5.32 Å². The molecule has 1 heterocycles. The van der Waals surface area contributed by atoms with Crippen LogP contribution in [-0.4, -0.2) is 23.6 Å². The Morgan fingerprint density at radius 3 is 2.68 bits per heavy atom. The minimum absolute atomic E-state index is 0.201. The second kappa shape index (κ2) is 4.87. The van der Waals surface area contributed by atoms with Gasteiger partial charge in [-0.3, -0.25) is 9.78 Å². The lowest BCUT2D eigenvalue weighted by Crippen LogP contribution is -2.33. The maximum atomic E-state index is 12.1. The average Bonchev–Trinajstić information content (AvgIpc) is 2.34. The molecule has 1 amide bonds. The average molecular weight is 268 g/mol. The molecule has 3 nitrogen and oxygen atoms in total. The fourth-order valence-electron chi connectivity index (χ4n) is 1.77. The van der Waals surface area contributed by atoms with Gasteiger partial charge in [0.2, 0.25) is 0 Å². The highest BCUT2D eigenvalue weighted by molar-refractivity contribution is 6.06. The van der Waals surface area contributed by atoms with Crippen LogP contribution in [0, 0.1) is 6.92 Å². The van der Waals surface area contributed by atoms with Gasteiger partial charge in [-0.15, -0.1) is 0 Å². The molecule has 0 saturated heterocycles. The van der Waals surface area contributed by atoms with Gasteiger partial charge < -0.3 is 5.32 Å². The molecule has 2 aromatic rings. The van der Waals surface area contributed by atoms with E-state index in [1.54, 1.807) is 31.2 Å². The molecule has 2 rings (SSSR count). The number of aryl methyl sites for hydroxylation is 1. The van der Waals surface area contributed by atoms with Crippen molar-refractivity contribution >= 4 is 16.8 Å². The van der Waals surface area contributed by atoms with Gasteiger partial charge in [0.25, 0.3) is 5.91 Å². The molecule has 1 N–H and O–H groups in total. The zero-order valence-electron chi connectivity index (χ0n) is 10.1. The van der Waals surface area contributed by atoms with Gasteiger partial charge in [0, 0.05) is 11.1 Å². The number of alkyl halides is 3. The van der Waals surface area contributed by atoms with Gasteiger partial charge in [-0.05, 0) is 19.1 Å². The lowest BCUT2D eigenvalue weighted by atomic mass is 10.1. The summed E-state index contributed by atoms with van der Waals surface area (Å²) >= 11 is 0. The lowest BCUT2D eigenvalue weighted by Gasteiger charge is -2.10. The number of aromatic nitrogens is 1. The Morgan fingerprint density at radius 2 is 2.00 bits per heavy atom. The minimum atomic E-state index is -4.42. The number of hydrogen-bond donors (Lipinski definition) is 1. The molecule has 0 fully saturated rings. The van der Waals surface area contributed by atoms with E-state index in [4.69, 9.17) is 0 Å². The molecule has 1 aromatic heterocycles. The summed E-state index contributed by atoms with van der Waals surface area (Å²) in [4.78, 5) is 16.0. The number of pyridine rings is 1. The molecule has 0 atom stereocenters. The van der Waals surface area contributed by atoms with Crippen LogP contribution in [0.5, 0.6) is 0 Å². The summed E-state index contributed by atoms with van der Waals surface area (Å²) in [6, 6.07) is 8.31. The van der Waals surface area contributed by atoms with Crippen LogP contribution in [0.1, 0.15) is 16.1 Å². The fraction of sp³-hybridized carbons (Fsp3) is 0.231. The molecule has 0 aliphatic rings. The number of amides is 1. The lowest BCUT2D eigenvalue weighted by molar-refractivity contribution is -0.123. The van der Waals surface area contributed by atoms with Crippen molar-refractivity contribution in [3.05, 3.63) is 41.6 Å². The molecular weight excluding hydrogens is 257 g/mol. The van der Waals surface area contributed by atoms with Crippen molar-refractivity contribution in [2.75, 3.05) is 6.54 Å². The van der Waals surface area contributed by atoms with E-state index in [-0.39, 0.29) is 5.56 Å². The topological polar surface area (TPSA) is 42.0 Å². The third kappa shape index (κ3) is 3.21. The summed E-state index contributed by atoms with van der Waals surface area (Å²) in [6.45, 7) is 0.342. The first-order valence-electron chi connectivity index (χ1n) is 5.58. The smallest absolute Gasteiger partial charge is 0.343 e. The van der Waals surface area contributed by atoms with E-state index in [0.29, 0.717) is 16.6 Å². The van der Waals surface area contributed by atoms with Gasteiger partial charge in [0.15, 0.2) is 0 Å². The third-order valence-corrected chi connectivity index (χ3v) is 2.54. The number of para-hydroxylation sites is 1. The normalized spacial score (nSPS) is 11.6. The number of carbonyl (C=O) groups is 1. The number of halogens is 3. The molecule has 0 spiro atoms. The van der Waals surface area contributed by atoms with Crippen LogP contribution < -0.4 is 5.32 Å². The van der Waals surface area contributed by atoms with Gasteiger partial charge >= 0.3 is 6.18 Å². The number of nitrogens with one attached hydrogen (secondary N) is 1. The highest BCUT2D eigenvalue weighted by Crippen LogP contribution is 2.19. The number of benzene rings is 1. The zero-order chi connectivity index (χ0) is 14.0. The molecule has 0 bridgehead atoms. The number of carbonyl (C=O) groups excluding carboxylic acids is 1. The minimum Gasteiger partial charge on any atom is -0.343 e. The Hall–Kier alpha value is -2.11. The number of fused-ring (bicyclic) bond motifs is 1. The highest BCUT2D eigenvalue weighted by atomic mass is 19.4. The summed E-state index contributed by atoms with van der Waals surface area (Å²) in [7, 11) is 0.